The molecule has 0 unspecified atom stereocenters. The van der Waals surface area contributed by atoms with Crippen molar-refractivity contribution in [2.24, 2.45) is 5.73 Å². The molecule has 1 saturated carbocycles. The highest BCUT2D eigenvalue weighted by Crippen LogP contribution is 2.41. The van der Waals surface area contributed by atoms with E-state index < -0.39 is 0 Å². The third-order valence-corrected chi connectivity index (χ3v) is 3.98. The highest BCUT2D eigenvalue weighted by molar-refractivity contribution is 6.31. The standard InChI is InChI=1S/C13H18ClN/c14-12-7-3-2-6-11(12)13(10-15)8-4-1-5-9-13/h2-3,6-7H,1,4-5,8-10,15H2. The molecule has 0 atom stereocenters. The van der Waals surface area contributed by atoms with Gasteiger partial charge in [0.25, 0.3) is 0 Å². The maximum absolute atomic E-state index is 6.27. The molecule has 0 radical (unpaired) electrons. The number of halogens is 1. The molecular weight excluding hydrogens is 206 g/mol. The monoisotopic (exact) mass is 223 g/mol. The van der Waals surface area contributed by atoms with Crippen LogP contribution in [0.25, 0.3) is 0 Å². The van der Waals surface area contributed by atoms with Gasteiger partial charge in [0.05, 0.1) is 0 Å². The molecule has 2 heteroatoms. The Hall–Kier alpha value is -0.530. The molecule has 0 amide bonds. The van der Waals surface area contributed by atoms with E-state index in [1.807, 2.05) is 12.1 Å². The second kappa shape index (κ2) is 4.54. The lowest BCUT2D eigenvalue weighted by Gasteiger charge is -2.37. The van der Waals surface area contributed by atoms with E-state index in [1.165, 1.54) is 37.7 Å². The van der Waals surface area contributed by atoms with Crippen LogP contribution in [-0.2, 0) is 5.41 Å². The van der Waals surface area contributed by atoms with Crippen molar-refractivity contribution in [1.29, 1.82) is 0 Å². The molecule has 0 aromatic heterocycles. The highest BCUT2D eigenvalue weighted by Gasteiger charge is 2.33. The van der Waals surface area contributed by atoms with Gasteiger partial charge in [-0.2, -0.15) is 0 Å². The van der Waals surface area contributed by atoms with Gasteiger partial charge in [-0.3, -0.25) is 0 Å². The zero-order valence-electron chi connectivity index (χ0n) is 9.01. The van der Waals surface area contributed by atoms with Crippen LogP contribution in [0, 0.1) is 0 Å². The summed E-state index contributed by atoms with van der Waals surface area (Å²) in [7, 11) is 0. The Morgan fingerprint density at radius 3 is 2.40 bits per heavy atom. The van der Waals surface area contributed by atoms with Gasteiger partial charge in [0, 0.05) is 17.0 Å². The Balaban J connectivity index is 2.36. The first-order valence-electron chi connectivity index (χ1n) is 5.74. The van der Waals surface area contributed by atoms with E-state index in [1.54, 1.807) is 0 Å². The Morgan fingerprint density at radius 2 is 1.80 bits per heavy atom. The summed E-state index contributed by atoms with van der Waals surface area (Å²) in [4.78, 5) is 0. The second-order valence-corrected chi connectivity index (χ2v) is 4.93. The molecule has 1 nitrogen and oxygen atoms in total. The molecule has 0 bridgehead atoms. The lowest BCUT2D eigenvalue weighted by molar-refractivity contribution is 0.301. The zero-order valence-corrected chi connectivity index (χ0v) is 9.76. The van der Waals surface area contributed by atoms with E-state index >= 15 is 0 Å². The smallest absolute Gasteiger partial charge is 0.0444 e. The molecule has 0 heterocycles. The van der Waals surface area contributed by atoms with Crippen LogP contribution in [0.1, 0.15) is 37.7 Å². The quantitative estimate of drug-likeness (QED) is 0.816. The molecule has 2 N–H and O–H groups in total. The first-order valence-corrected chi connectivity index (χ1v) is 6.11. The summed E-state index contributed by atoms with van der Waals surface area (Å²) in [6.07, 6.45) is 6.28. The molecule has 1 aromatic rings. The predicted molar refractivity (Wildman–Crippen MR) is 65.3 cm³/mol. The van der Waals surface area contributed by atoms with Gasteiger partial charge in [-0.15, -0.1) is 0 Å². The minimum absolute atomic E-state index is 0.149. The average molecular weight is 224 g/mol. The third kappa shape index (κ3) is 2.04. The maximum Gasteiger partial charge on any atom is 0.0444 e. The molecule has 1 aliphatic rings. The lowest BCUT2D eigenvalue weighted by atomic mass is 9.69. The second-order valence-electron chi connectivity index (χ2n) is 4.52. The van der Waals surface area contributed by atoms with Gasteiger partial charge in [0.1, 0.15) is 0 Å². The van der Waals surface area contributed by atoms with Gasteiger partial charge in [0.2, 0.25) is 0 Å². The fourth-order valence-corrected chi connectivity index (χ4v) is 3.04. The molecule has 0 aliphatic heterocycles. The minimum atomic E-state index is 0.149. The van der Waals surface area contributed by atoms with Gasteiger partial charge in [-0.25, -0.2) is 0 Å². The predicted octanol–water partition coefficient (Wildman–Crippen LogP) is 3.50. The number of hydrogen-bond acceptors (Lipinski definition) is 1. The zero-order chi connectivity index (χ0) is 10.7. The van der Waals surface area contributed by atoms with Crippen LogP contribution in [-0.4, -0.2) is 6.54 Å². The molecule has 0 spiro atoms. The summed E-state index contributed by atoms with van der Waals surface area (Å²) in [5, 5.41) is 0.879. The van der Waals surface area contributed by atoms with Crippen molar-refractivity contribution in [2.45, 2.75) is 37.5 Å². The van der Waals surface area contributed by atoms with E-state index in [4.69, 9.17) is 17.3 Å². The summed E-state index contributed by atoms with van der Waals surface area (Å²) in [5.74, 6) is 0. The average Bonchev–Trinajstić information content (AvgIpc) is 2.30. The van der Waals surface area contributed by atoms with Crippen LogP contribution in [0.2, 0.25) is 5.02 Å². The minimum Gasteiger partial charge on any atom is -0.330 e. The van der Waals surface area contributed by atoms with E-state index in [0.717, 1.165) is 11.6 Å². The van der Waals surface area contributed by atoms with Crippen molar-refractivity contribution in [3.63, 3.8) is 0 Å². The first-order chi connectivity index (χ1) is 7.28. The molecule has 1 aliphatic carbocycles. The normalized spacial score (nSPS) is 20.1. The van der Waals surface area contributed by atoms with E-state index in [2.05, 4.69) is 12.1 Å². The Kier molecular flexibility index (Phi) is 3.32. The molecule has 0 saturated heterocycles. The Bertz CT molecular complexity index is 329. The van der Waals surface area contributed by atoms with Crippen molar-refractivity contribution in [3.8, 4) is 0 Å². The van der Waals surface area contributed by atoms with Crippen LogP contribution in [0.4, 0.5) is 0 Å². The molecular formula is C13H18ClN. The summed E-state index contributed by atoms with van der Waals surface area (Å²) >= 11 is 6.27. The van der Waals surface area contributed by atoms with Crippen molar-refractivity contribution in [1.82, 2.24) is 0 Å². The molecule has 2 rings (SSSR count). The van der Waals surface area contributed by atoms with Crippen LogP contribution < -0.4 is 5.73 Å². The van der Waals surface area contributed by atoms with Crippen LogP contribution in [0.5, 0.6) is 0 Å². The van der Waals surface area contributed by atoms with Gasteiger partial charge in [-0.05, 0) is 24.5 Å². The van der Waals surface area contributed by atoms with Gasteiger partial charge in [0.15, 0.2) is 0 Å². The third-order valence-electron chi connectivity index (χ3n) is 3.65. The fraction of sp³-hybridized carbons (Fsp3) is 0.538. The summed E-state index contributed by atoms with van der Waals surface area (Å²) in [5.41, 5.74) is 7.39. The lowest BCUT2D eigenvalue weighted by Crippen LogP contribution is -2.37. The van der Waals surface area contributed by atoms with Crippen molar-refractivity contribution >= 4 is 11.6 Å². The largest absolute Gasteiger partial charge is 0.330 e. The Morgan fingerprint density at radius 1 is 1.13 bits per heavy atom. The number of benzene rings is 1. The fourth-order valence-electron chi connectivity index (χ4n) is 2.70. The van der Waals surface area contributed by atoms with Crippen molar-refractivity contribution in [2.75, 3.05) is 6.54 Å². The van der Waals surface area contributed by atoms with Gasteiger partial charge in [-0.1, -0.05) is 49.1 Å². The number of hydrogen-bond donors (Lipinski definition) is 1. The van der Waals surface area contributed by atoms with Crippen LogP contribution in [0.3, 0.4) is 0 Å². The van der Waals surface area contributed by atoms with Gasteiger partial charge < -0.3 is 5.73 Å². The van der Waals surface area contributed by atoms with Crippen molar-refractivity contribution in [3.05, 3.63) is 34.9 Å². The SMILES string of the molecule is NCC1(c2ccccc2Cl)CCCCC1. The highest BCUT2D eigenvalue weighted by atomic mass is 35.5. The summed E-state index contributed by atoms with van der Waals surface area (Å²) < 4.78 is 0. The first kappa shape index (κ1) is 11.0. The van der Waals surface area contributed by atoms with Crippen molar-refractivity contribution < 1.29 is 0 Å². The topological polar surface area (TPSA) is 26.0 Å². The van der Waals surface area contributed by atoms with Crippen LogP contribution >= 0.6 is 11.6 Å². The summed E-state index contributed by atoms with van der Waals surface area (Å²) in [6, 6.07) is 8.16. The number of nitrogens with two attached hydrogens (primary N) is 1. The number of rotatable bonds is 2. The molecule has 1 fully saturated rings. The molecule has 1 aromatic carbocycles. The molecule has 15 heavy (non-hydrogen) atoms. The van der Waals surface area contributed by atoms with E-state index in [-0.39, 0.29) is 5.41 Å². The van der Waals surface area contributed by atoms with E-state index in [0.29, 0.717) is 0 Å². The summed E-state index contributed by atoms with van der Waals surface area (Å²) in [6.45, 7) is 0.719. The van der Waals surface area contributed by atoms with Gasteiger partial charge >= 0.3 is 0 Å². The van der Waals surface area contributed by atoms with Crippen LogP contribution in [0.15, 0.2) is 24.3 Å². The van der Waals surface area contributed by atoms with E-state index in [9.17, 15) is 0 Å². The maximum atomic E-state index is 6.27. The Labute approximate surface area is 96.6 Å². The molecule has 82 valence electrons.